The number of likely N-dealkylation sites (tertiary alicyclic amines) is 2. The van der Waals surface area contributed by atoms with E-state index in [0.29, 0.717) is 18.9 Å². The van der Waals surface area contributed by atoms with Crippen LogP contribution in [0.4, 0.5) is 9.59 Å². The molecular weight excluding hydrogens is 620 g/mol. The second-order valence-corrected chi connectivity index (χ2v) is 13.5. The molecule has 0 spiro atoms. The molecule has 2 N–H and O–H groups in total. The first-order valence-electron chi connectivity index (χ1n) is 16.7. The van der Waals surface area contributed by atoms with Gasteiger partial charge in [-0.2, -0.15) is 0 Å². The lowest BCUT2D eigenvalue weighted by Gasteiger charge is -2.27. The molecular formula is C37H40N8O4. The van der Waals surface area contributed by atoms with Crippen molar-refractivity contribution in [2.75, 3.05) is 13.1 Å². The molecule has 0 radical (unpaired) electrons. The molecule has 2 amide bonds. The van der Waals surface area contributed by atoms with Gasteiger partial charge in [-0.15, -0.1) is 0 Å². The molecule has 1 unspecified atom stereocenters. The van der Waals surface area contributed by atoms with Crippen LogP contribution in [0, 0.1) is 0 Å². The van der Waals surface area contributed by atoms with Crippen LogP contribution in [0.2, 0.25) is 0 Å². The quantitative estimate of drug-likeness (QED) is 0.183. The van der Waals surface area contributed by atoms with Crippen LogP contribution in [0.1, 0.15) is 75.8 Å². The molecule has 3 aromatic heterocycles. The summed E-state index contributed by atoms with van der Waals surface area (Å²) in [5, 5.41) is 0. The number of nitrogens with zero attached hydrogens (tertiary/aromatic N) is 6. The maximum atomic E-state index is 12.9. The van der Waals surface area contributed by atoms with Crippen LogP contribution in [0.15, 0.2) is 79.4 Å². The Morgan fingerprint density at radius 3 is 1.86 bits per heavy atom. The first-order chi connectivity index (χ1) is 23.7. The van der Waals surface area contributed by atoms with E-state index in [1.165, 1.54) is 0 Å². The van der Waals surface area contributed by atoms with Crippen LogP contribution < -0.4 is 0 Å². The number of amides is 2. The average Bonchev–Trinajstić information content (AvgIpc) is 3.93. The Labute approximate surface area is 284 Å². The molecule has 2 aliphatic heterocycles. The van der Waals surface area contributed by atoms with Gasteiger partial charge in [-0.05, 0) is 57.6 Å². The van der Waals surface area contributed by atoms with Crippen LogP contribution >= 0.6 is 0 Å². The number of carbonyl (C=O) groups excluding carboxylic acids is 2. The topological polar surface area (TPSA) is 142 Å². The Bertz CT molecular complexity index is 1900. The fraction of sp³-hybridized carbons (Fsp3) is 0.351. The fourth-order valence-electron chi connectivity index (χ4n) is 6.38. The second kappa shape index (κ2) is 13.5. The van der Waals surface area contributed by atoms with E-state index in [4.69, 9.17) is 9.47 Å². The number of aromatic nitrogens is 6. The summed E-state index contributed by atoms with van der Waals surface area (Å²) in [6.07, 6.45) is 9.88. The zero-order valence-corrected chi connectivity index (χ0v) is 27.9. The van der Waals surface area contributed by atoms with E-state index in [1.54, 1.807) is 34.6 Å². The van der Waals surface area contributed by atoms with E-state index in [0.717, 1.165) is 71.0 Å². The van der Waals surface area contributed by atoms with Gasteiger partial charge < -0.3 is 19.4 Å². The van der Waals surface area contributed by atoms with Crippen LogP contribution in [0.3, 0.4) is 0 Å². The third kappa shape index (κ3) is 7.18. The monoisotopic (exact) mass is 660 g/mol. The molecule has 2 saturated heterocycles. The smallest absolute Gasteiger partial charge is 0.410 e. The van der Waals surface area contributed by atoms with Crippen LogP contribution in [0.25, 0.3) is 33.9 Å². The van der Waals surface area contributed by atoms with Crippen molar-refractivity contribution in [2.45, 2.75) is 70.7 Å². The lowest BCUT2D eigenvalue weighted by atomic mass is 10.1. The van der Waals surface area contributed by atoms with E-state index in [9.17, 15) is 9.59 Å². The lowest BCUT2D eigenvalue weighted by Crippen LogP contribution is -2.36. The predicted octanol–water partition coefficient (Wildman–Crippen LogP) is 7.47. The highest BCUT2D eigenvalue weighted by atomic mass is 16.6. The molecule has 2 aromatic carbocycles. The van der Waals surface area contributed by atoms with E-state index >= 15 is 0 Å². The first kappa shape index (κ1) is 32.0. The highest BCUT2D eigenvalue weighted by molar-refractivity contribution is 5.70. The van der Waals surface area contributed by atoms with Crippen molar-refractivity contribution in [3.8, 4) is 33.9 Å². The number of benzene rings is 2. The van der Waals surface area contributed by atoms with Gasteiger partial charge in [0.25, 0.3) is 0 Å². The SMILES string of the molecule is CC(C)(C)OC(=O)N1CCC[C@H]1c1ncc(-c2cnc(-c3ccc(-c4cnc(C5CCCN5C(=O)OCc5ccccc5)[nH]4)cc3)nc2)[nH]1. The molecule has 5 heterocycles. The van der Waals surface area contributed by atoms with Gasteiger partial charge in [0.05, 0.1) is 35.9 Å². The number of carbonyl (C=O) groups is 2. The summed E-state index contributed by atoms with van der Waals surface area (Å²) in [5.41, 5.74) is 4.70. The Morgan fingerprint density at radius 1 is 0.714 bits per heavy atom. The zero-order valence-electron chi connectivity index (χ0n) is 27.9. The molecule has 12 heteroatoms. The fourth-order valence-corrected chi connectivity index (χ4v) is 6.38. The van der Waals surface area contributed by atoms with Gasteiger partial charge in [-0.1, -0.05) is 54.6 Å². The van der Waals surface area contributed by atoms with E-state index in [2.05, 4.69) is 29.9 Å². The van der Waals surface area contributed by atoms with Crippen molar-refractivity contribution >= 4 is 12.2 Å². The zero-order chi connectivity index (χ0) is 34.0. The molecule has 0 bridgehead atoms. The average molecular weight is 661 g/mol. The number of nitrogens with one attached hydrogen (secondary N) is 2. The summed E-state index contributed by atoms with van der Waals surface area (Å²) >= 11 is 0. The molecule has 0 saturated carbocycles. The maximum Gasteiger partial charge on any atom is 0.410 e. The van der Waals surface area contributed by atoms with Crippen LogP contribution in [-0.4, -0.2) is 70.6 Å². The van der Waals surface area contributed by atoms with Gasteiger partial charge in [0.15, 0.2) is 5.82 Å². The Morgan fingerprint density at radius 2 is 1.27 bits per heavy atom. The second-order valence-electron chi connectivity index (χ2n) is 13.5. The van der Waals surface area contributed by atoms with Crippen molar-refractivity contribution in [1.29, 1.82) is 0 Å². The van der Waals surface area contributed by atoms with Crippen LogP contribution in [0.5, 0.6) is 0 Å². The van der Waals surface area contributed by atoms with Crippen molar-refractivity contribution in [2.24, 2.45) is 0 Å². The molecule has 252 valence electrons. The molecule has 2 aliphatic rings. The molecule has 2 atom stereocenters. The van der Waals surface area contributed by atoms with Gasteiger partial charge in [0, 0.05) is 36.6 Å². The minimum absolute atomic E-state index is 0.156. The van der Waals surface area contributed by atoms with Crippen molar-refractivity contribution in [3.63, 3.8) is 0 Å². The van der Waals surface area contributed by atoms with E-state index < -0.39 is 5.60 Å². The number of H-pyrrole nitrogens is 2. The molecule has 2 fully saturated rings. The predicted molar refractivity (Wildman–Crippen MR) is 183 cm³/mol. The summed E-state index contributed by atoms with van der Waals surface area (Å²) < 4.78 is 11.2. The normalized spacial score (nSPS) is 17.8. The van der Waals surface area contributed by atoms with Crippen molar-refractivity contribution in [1.82, 2.24) is 39.7 Å². The number of rotatable bonds is 7. The third-order valence-electron chi connectivity index (χ3n) is 8.81. The van der Waals surface area contributed by atoms with Gasteiger partial charge in [0.1, 0.15) is 23.9 Å². The number of hydrogen-bond donors (Lipinski definition) is 2. The Balaban J connectivity index is 0.982. The molecule has 12 nitrogen and oxygen atoms in total. The lowest BCUT2D eigenvalue weighted by molar-refractivity contribution is 0.0218. The minimum Gasteiger partial charge on any atom is -0.445 e. The van der Waals surface area contributed by atoms with Crippen molar-refractivity contribution < 1.29 is 19.1 Å². The van der Waals surface area contributed by atoms with Crippen molar-refractivity contribution in [3.05, 3.63) is 96.6 Å². The summed E-state index contributed by atoms with van der Waals surface area (Å²) in [6, 6.07) is 17.3. The largest absolute Gasteiger partial charge is 0.445 e. The Kier molecular flexibility index (Phi) is 8.85. The van der Waals surface area contributed by atoms with E-state index in [1.807, 2.05) is 75.4 Å². The highest BCUT2D eigenvalue weighted by Gasteiger charge is 2.35. The third-order valence-corrected chi connectivity index (χ3v) is 8.81. The summed E-state index contributed by atoms with van der Waals surface area (Å²) in [6.45, 7) is 7.12. The van der Waals surface area contributed by atoms with Gasteiger partial charge in [-0.25, -0.2) is 29.5 Å². The van der Waals surface area contributed by atoms with Gasteiger partial charge in [-0.3, -0.25) is 9.80 Å². The van der Waals surface area contributed by atoms with Crippen LogP contribution in [-0.2, 0) is 16.1 Å². The molecule has 49 heavy (non-hydrogen) atoms. The molecule has 0 aliphatic carbocycles. The van der Waals surface area contributed by atoms with E-state index in [-0.39, 0.29) is 30.9 Å². The maximum absolute atomic E-state index is 12.9. The van der Waals surface area contributed by atoms with Gasteiger partial charge in [0.2, 0.25) is 0 Å². The summed E-state index contributed by atoms with van der Waals surface area (Å²) in [5.74, 6) is 2.08. The number of ether oxygens (including phenoxy) is 2. The summed E-state index contributed by atoms with van der Waals surface area (Å²) in [4.78, 5) is 54.4. The number of hydrogen-bond acceptors (Lipinski definition) is 8. The van der Waals surface area contributed by atoms with Gasteiger partial charge >= 0.3 is 12.2 Å². The first-order valence-corrected chi connectivity index (χ1v) is 16.7. The highest BCUT2D eigenvalue weighted by Crippen LogP contribution is 2.34. The number of aromatic amines is 2. The minimum atomic E-state index is -0.556. The number of imidazole rings is 2. The standard InChI is InChI=1S/C37H40N8O4/c1-37(2,3)49-36(47)45-18-8-12-31(45)34-41-22-29(43-34)27-19-38-32(39-20-27)26-15-13-25(14-16-26)28-21-40-33(42-28)30-11-7-17-44(30)35(46)48-23-24-9-5-4-6-10-24/h4-6,9-10,13-16,19-22,30-31H,7-8,11-12,17-18,23H2,1-3H3,(H,40,42)(H,41,43)/t30?,31-/m0/s1. The summed E-state index contributed by atoms with van der Waals surface area (Å²) in [7, 11) is 0. The Hall–Kier alpha value is -5.52. The molecule has 5 aromatic rings. The molecule has 7 rings (SSSR count).